The molecule has 0 bridgehead atoms. The number of aryl methyl sites for hydroxylation is 1. The molecule has 1 unspecified atom stereocenters. The Morgan fingerprint density at radius 2 is 2.12 bits per heavy atom. The van der Waals surface area contributed by atoms with Crippen LogP contribution in [0.2, 0.25) is 0 Å². The van der Waals surface area contributed by atoms with Crippen LogP contribution in [0.1, 0.15) is 43.9 Å². The van der Waals surface area contributed by atoms with Crippen molar-refractivity contribution in [1.29, 1.82) is 0 Å². The van der Waals surface area contributed by atoms with E-state index in [0.29, 0.717) is 0 Å². The van der Waals surface area contributed by atoms with Gasteiger partial charge in [0.15, 0.2) is 0 Å². The summed E-state index contributed by atoms with van der Waals surface area (Å²) in [7, 11) is 0. The first-order valence-electron chi connectivity index (χ1n) is 9.02. The number of carbonyl (C=O) groups excluding carboxylic acids is 1. The number of aliphatic hydroxyl groups excluding tert-OH is 1. The van der Waals surface area contributed by atoms with Crippen molar-refractivity contribution < 1.29 is 14.6 Å². The van der Waals surface area contributed by atoms with E-state index in [0.717, 1.165) is 36.1 Å². The van der Waals surface area contributed by atoms with Gasteiger partial charge in [-0.3, -0.25) is 4.98 Å². The van der Waals surface area contributed by atoms with Crippen molar-refractivity contribution in [3.05, 3.63) is 53.2 Å². The van der Waals surface area contributed by atoms with Gasteiger partial charge in [0.25, 0.3) is 0 Å². The molecule has 1 aromatic carbocycles. The molecule has 0 spiro atoms. The molecular formula is C21H26N2O3. The van der Waals surface area contributed by atoms with Crippen molar-refractivity contribution in [3.8, 4) is 11.3 Å². The number of fused-ring (bicyclic) bond motifs is 1. The lowest BCUT2D eigenvalue weighted by molar-refractivity contribution is 0.0500. The summed E-state index contributed by atoms with van der Waals surface area (Å²) in [5, 5.41) is 12.5. The van der Waals surface area contributed by atoms with Crippen LogP contribution in [0.25, 0.3) is 11.3 Å². The van der Waals surface area contributed by atoms with Gasteiger partial charge in [0.05, 0.1) is 12.3 Å². The number of amides is 1. The number of rotatable bonds is 3. The summed E-state index contributed by atoms with van der Waals surface area (Å²) in [6.07, 6.45) is 3.96. The molecule has 0 fully saturated rings. The van der Waals surface area contributed by atoms with Crippen molar-refractivity contribution in [2.75, 3.05) is 0 Å². The molecule has 1 aliphatic rings. The smallest absolute Gasteiger partial charge is 0.407 e. The minimum Gasteiger partial charge on any atom is -0.444 e. The van der Waals surface area contributed by atoms with Gasteiger partial charge in [0.1, 0.15) is 5.60 Å². The van der Waals surface area contributed by atoms with Gasteiger partial charge in [-0.1, -0.05) is 18.2 Å². The number of pyridine rings is 1. The van der Waals surface area contributed by atoms with Crippen LogP contribution in [0.3, 0.4) is 0 Å². The van der Waals surface area contributed by atoms with Gasteiger partial charge < -0.3 is 15.2 Å². The van der Waals surface area contributed by atoms with Crippen molar-refractivity contribution in [2.24, 2.45) is 0 Å². The lowest BCUT2D eigenvalue weighted by Gasteiger charge is -2.27. The SMILES string of the molecule is CC(C)(C)OC(=O)NC1CCc2cc(-c3ncccc3CO)ccc2C1. The Morgan fingerprint density at radius 1 is 1.31 bits per heavy atom. The molecule has 138 valence electrons. The summed E-state index contributed by atoms with van der Waals surface area (Å²) >= 11 is 0. The van der Waals surface area contributed by atoms with Crippen LogP contribution in [0, 0.1) is 0 Å². The van der Waals surface area contributed by atoms with Crippen LogP contribution < -0.4 is 5.32 Å². The summed E-state index contributed by atoms with van der Waals surface area (Å²) in [6.45, 7) is 5.57. The van der Waals surface area contributed by atoms with Crippen LogP contribution in [-0.2, 0) is 24.2 Å². The average molecular weight is 354 g/mol. The molecule has 26 heavy (non-hydrogen) atoms. The highest BCUT2D eigenvalue weighted by Crippen LogP contribution is 2.28. The lowest BCUT2D eigenvalue weighted by atomic mass is 9.86. The molecule has 1 amide bonds. The summed E-state index contributed by atoms with van der Waals surface area (Å²) in [5.41, 5.74) is 4.70. The second kappa shape index (κ2) is 7.46. The summed E-state index contributed by atoms with van der Waals surface area (Å²) in [6, 6.07) is 10.1. The van der Waals surface area contributed by atoms with Crippen LogP contribution >= 0.6 is 0 Å². The molecule has 3 rings (SSSR count). The van der Waals surface area contributed by atoms with Crippen LogP contribution in [0.15, 0.2) is 36.5 Å². The number of hydrogen-bond donors (Lipinski definition) is 2. The van der Waals surface area contributed by atoms with Crippen molar-refractivity contribution >= 4 is 6.09 Å². The fourth-order valence-corrected chi connectivity index (χ4v) is 3.33. The third-order valence-corrected chi connectivity index (χ3v) is 4.49. The second-order valence-corrected chi connectivity index (χ2v) is 7.74. The predicted molar refractivity (Wildman–Crippen MR) is 101 cm³/mol. The second-order valence-electron chi connectivity index (χ2n) is 7.74. The summed E-state index contributed by atoms with van der Waals surface area (Å²) in [5.74, 6) is 0. The number of aliphatic hydroxyl groups is 1. The van der Waals surface area contributed by atoms with E-state index in [9.17, 15) is 9.90 Å². The van der Waals surface area contributed by atoms with E-state index in [-0.39, 0.29) is 18.7 Å². The Kier molecular flexibility index (Phi) is 5.28. The highest BCUT2D eigenvalue weighted by Gasteiger charge is 2.23. The Morgan fingerprint density at radius 3 is 2.85 bits per heavy atom. The predicted octanol–water partition coefficient (Wildman–Crippen LogP) is 3.62. The van der Waals surface area contributed by atoms with Gasteiger partial charge in [-0.15, -0.1) is 0 Å². The number of nitrogens with zero attached hydrogens (tertiary/aromatic N) is 1. The van der Waals surface area contributed by atoms with Crippen LogP contribution in [0.4, 0.5) is 4.79 Å². The van der Waals surface area contributed by atoms with E-state index in [1.165, 1.54) is 11.1 Å². The highest BCUT2D eigenvalue weighted by molar-refractivity contribution is 5.68. The molecule has 1 aliphatic carbocycles. The molecule has 1 aromatic heterocycles. The zero-order chi connectivity index (χ0) is 18.7. The molecule has 5 heteroatoms. The van der Waals surface area contributed by atoms with Gasteiger partial charge in [-0.05, 0) is 63.3 Å². The van der Waals surface area contributed by atoms with Crippen molar-refractivity contribution in [2.45, 2.75) is 58.3 Å². The summed E-state index contributed by atoms with van der Waals surface area (Å²) < 4.78 is 5.35. The molecule has 5 nitrogen and oxygen atoms in total. The van der Waals surface area contributed by atoms with E-state index in [1.54, 1.807) is 6.20 Å². The Labute approximate surface area is 154 Å². The number of alkyl carbamates (subject to hydrolysis) is 1. The minimum atomic E-state index is -0.487. The molecular weight excluding hydrogens is 328 g/mol. The monoisotopic (exact) mass is 354 g/mol. The normalized spacial score (nSPS) is 16.7. The first-order chi connectivity index (χ1) is 12.4. The van der Waals surface area contributed by atoms with Crippen LogP contribution in [0.5, 0.6) is 0 Å². The zero-order valence-corrected chi connectivity index (χ0v) is 15.6. The molecule has 1 heterocycles. The molecule has 2 N–H and O–H groups in total. The molecule has 0 saturated heterocycles. The van der Waals surface area contributed by atoms with Gasteiger partial charge in [-0.25, -0.2) is 4.79 Å². The van der Waals surface area contributed by atoms with E-state index in [4.69, 9.17) is 4.74 Å². The Bertz CT molecular complexity index is 796. The number of aromatic nitrogens is 1. The van der Waals surface area contributed by atoms with Gasteiger partial charge >= 0.3 is 6.09 Å². The number of ether oxygens (including phenoxy) is 1. The maximum Gasteiger partial charge on any atom is 0.407 e. The third-order valence-electron chi connectivity index (χ3n) is 4.49. The van der Waals surface area contributed by atoms with Gasteiger partial charge in [0.2, 0.25) is 0 Å². The Balaban J connectivity index is 1.73. The third kappa shape index (κ3) is 4.41. The fraction of sp³-hybridized carbons (Fsp3) is 0.429. The van der Waals surface area contributed by atoms with Gasteiger partial charge in [0, 0.05) is 23.4 Å². The van der Waals surface area contributed by atoms with E-state index in [2.05, 4.69) is 22.4 Å². The maximum absolute atomic E-state index is 12.0. The molecule has 2 aromatic rings. The standard InChI is InChI=1S/C21H26N2O3/c1-21(2,3)26-20(25)23-18-9-8-14-11-16(7-6-15(14)12-18)19-17(13-24)5-4-10-22-19/h4-7,10-11,18,24H,8-9,12-13H2,1-3H3,(H,23,25). The molecule has 0 radical (unpaired) electrons. The fourth-order valence-electron chi connectivity index (χ4n) is 3.33. The Hall–Kier alpha value is -2.40. The van der Waals surface area contributed by atoms with E-state index >= 15 is 0 Å². The number of benzene rings is 1. The van der Waals surface area contributed by atoms with E-state index in [1.807, 2.05) is 39.0 Å². The largest absolute Gasteiger partial charge is 0.444 e. The van der Waals surface area contributed by atoms with Crippen LogP contribution in [-0.4, -0.2) is 27.8 Å². The average Bonchev–Trinajstić information content (AvgIpc) is 2.59. The van der Waals surface area contributed by atoms with Gasteiger partial charge in [-0.2, -0.15) is 0 Å². The first kappa shape index (κ1) is 18.4. The first-order valence-corrected chi connectivity index (χ1v) is 9.02. The zero-order valence-electron chi connectivity index (χ0n) is 15.6. The molecule has 0 aliphatic heterocycles. The quantitative estimate of drug-likeness (QED) is 0.883. The number of carbonyl (C=O) groups is 1. The lowest BCUT2D eigenvalue weighted by Crippen LogP contribution is -2.41. The molecule has 1 atom stereocenters. The highest BCUT2D eigenvalue weighted by atomic mass is 16.6. The minimum absolute atomic E-state index is 0.0257. The summed E-state index contributed by atoms with van der Waals surface area (Å²) in [4.78, 5) is 16.4. The molecule has 0 saturated carbocycles. The topological polar surface area (TPSA) is 71.5 Å². The maximum atomic E-state index is 12.0. The number of hydrogen-bond acceptors (Lipinski definition) is 4. The van der Waals surface area contributed by atoms with Crippen molar-refractivity contribution in [1.82, 2.24) is 10.3 Å². The number of nitrogens with one attached hydrogen (secondary N) is 1. The van der Waals surface area contributed by atoms with E-state index < -0.39 is 5.60 Å². The van der Waals surface area contributed by atoms with Crippen molar-refractivity contribution in [3.63, 3.8) is 0 Å².